The van der Waals surface area contributed by atoms with Crippen LogP contribution in [0.1, 0.15) is 57.8 Å². The Balaban J connectivity index is 1.82. The molecular weight excluding hydrogens is 508 g/mol. The van der Waals surface area contributed by atoms with Crippen LogP contribution in [0.4, 0.5) is 0 Å². The van der Waals surface area contributed by atoms with Gasteiger partial charge < -0.3 is 29.5 Å². The molecule has 1 aliphatic heterocycles. The van der Waals surface area contributed by atoms with Gasteiger partial charge in [0.2, 0.25) is 11.6 Å². The fraction of sp³-hybridized carbons (Fsp3) is 0.586. The molecule has 3 N–H and O–H groups in total. The number of esters is 2. The van der Waals surface area contributed by atoms with Crippen molar-refractivity contribution in [1.29, 1.82) is 0 Å². The summed E-state index contributed by atoms with van der Waals surface area (Å²) in [4.78, 5) is 54.1. The zero-order chi connectivity index (χ0) is 28.7. The van der Waals surface area contributed by atoms with Crippen molar-refractivity contribution >= 4 is 23.5 Å². The summed E-state index contributed by atoms with van der Waals surface area (Å²) in [6.45, 7) is 7.00. The summed E-state index contributed by atoms with van der Waals surface area (Å²) >= 11 is 0. The minimum absolute atomic E-state index is 0.0881. The number of carbonyl (C=O) groups excluding carboxylic acids is 4. The van der Waals surface area contributed by atoms with Crippen molar-refractivity contribution in [3.05, 3.63) is 47.0 Å². The smallest absolute Gasteiger partial charge is 0.338 e. The lowest BCUT2D eigenvalue weighted by Crippen LogP contribution is -2.81. The topological polar surface area (TPSA) is 157 Å². The second-order valence-electron chi connectivity index (χ2n) is 12.0. The summed E-state index contributed by atoms with van der Waals surface area (Å²) in [6.07, 6.45) is -5.74. The Morgan fingerprint density at radius 2 is 1.72 bits per heavy atom. The lowest BCUT2D eigenvalue weighted by atomic mass is 9.45. The highest BCUT2D eigenvalue weighted by Crippen LogP contribution is 2.63. The van der Waals surface area contributed by atoms with E-state index in [4.69, 9.17) is 14.2 Å². The number of rotatable bonds is 3. The number of benzene rings is 1. The number of ether oxygens (including phenoxy) is 3. The van der Waals surface area contributed by atoms with Crippen LogP contribution in [0.15, 0.2) is 41.5 Å². The van der Waals surface area contributed by atoms with Gasteiger partial charge in [-0.25, -0.2) is 4.79 Å². The van der Waals surface area contributed by atoms with Gasteiger partial charge in [-0.05, 0) is 31.6 Å². The molecule has 2 saturated carbocycles. The van der Waals surface area contributed by atoms with E-state index >= 15 is 0 Å². The summed E-state index contributed by atoms with van der Waals surface area (Å²) in [7, 11) is 0. The Hall–Kier alpha value is -2.92. The van der Waals surface area contributed by atoms with Crippen molar-refractivity contribution in [2.75, 3.05) is 6.61 Å². The average molecular weight is 543 g/mol. The SMILES string of the molecule is CC(=O)O[C@]12CO[C@@H]1C[C@H](O)[C@@]1(C)C(=O)C(=O)C3=C(C)[C@H](O)CC(O)([C@H](OC(=O)c4ccccc4)[C@@H]21)C3(C)C. The second kappa shape index (κ2) is 8.79. The van der Waals surface area contributed by atoms with Crippen LogP contribution in [0.25, 0.3) is 0 Å². The summed E-state index contributed by atoms with van der Waals surface area (Å²) < 4.78 is 17.6. The van der Waals surface area contributed by atoms with E-state index < -0.39 is 75.9 Å². The van der Waals surface area contributed by atoms with E-state index in [9.17, 15) is 34.5 Å². The normalized spacial score (nSPS) is 40.9. The maximum atomic E-state index is 14.2. The molecule has 2 bridgehead atoms. The Bertz CT molecular complexity index is 1280. The van der Waals surface area contributed by atoms with Crippen LogP contribution < -0.4 is 0 Å². The van der Waals surface area contributed by atoms with Gasteiger partial charge in [0.15, 0.2) is 5.60 Å². The first-order valence-electron chi connectivity index (χ1n) is 13.1. The summed E-state index contributed by atoms with van der Waals surface area (Å²) in [6, 6.07) is 8.02. The van der Waals surface area contributed by atoms with E-state index in [1.54, 1.807) is 32.0 Å². The van der Waals surface area contributed by atoms with Gasteiger partial charge in [0, 0.05) is 30.8 Å². The third-order valence-corrected chi connectivity index (χ3v) is 9.74. The Kier molecular flexibility index (Phi) is 6.23. The zero-order valence-electron chi connectivity index (χ0n) is 22.6. The molecule has 3 aliphatic carbocycles. The predicted molar refractivity (Wildman–Crippen MR) is 134 cm³/mol. The highest BCUT2D eigenvalue weighted by Gasteiger charge is 2.78. The van der Waals surface area contributed by atoms with E-state index in [1.807, 2.05) is 0 Å². The molecule has 0 spiro atoms. The minimum atomic E-state index is -2.13. The molecule has 1 aromatic rings. The van der Waals surface area contributed by atoms with Crippen LogP contribution >= 0.6 is 0 Å². The molecule has 1 saturated heterocycles. The molecule has 10 heteroatoms. The lowest BCUT2D eigenvalue weighted by Gasteiger charge is -2.66. The fourth-order valence-electron chi connectivity index (χ4n) is 7.45. The fourth-order valence-corrected chi connectivity index (χ4v) is 7.45. The molecule has 1 heterocycles. The highest BCUT2D eigenvalue weighted by molar-refractivity contribution is 6.46. The number of aliphatic hydroxyl groups excluding tert-OH is 2. The van der Waals surface area contributed by atoms with Crippen molar-refractivity contribution < 1.29 is 48.7 Å². The van der Waals surface area contributed by atoms with Crippen LogP contribution in [-0.4, -0.2) is 81.0 Å². The van der Waals surface area contributed by atoms with E-state index in [2.05, 4.69) is 0 Å². The first kappa shape index (κ1) is 27.6. The summed E-state index contributed by atoms with van der Waals surface area (Å²) in [5, 5.41) is 35.1. The van der Waals surface area contributed by atoms with Gasteiger partial charge in [0.25, 0.3) is 0 Å². The van der Waals surface area contributed by atoms with Crippen LogP contribution in [-0.2, 0) is 28.6 Å². The molecule has 5 rings (SSSR count). The summed E-state index contributed by atoms with van der Waals surface area (Å²) in [5.74, 6) is -4.86. The summed E-state index contributed by atoms with van der Waals surface area (Å²) in [5.41, 5.74) is -6.86. The molecule has 0 radical (unpaired) electrons. The van der Waals surface area contributed by atoms with Crippen LogP contribution in [0.2, 0.25) is 0 Å². The number of fused-ring (bicyclic) bond motifs is 5. The second-order valence-corrected chi connectivity index (χ2v) is 12.0. The molecule has 4 aliphatic rings. The number of ketones is 2. The van der Waals surface area contributed by atoms with Crippen molar-refractivity contribution in [2.24, 2.45) is 16.7 Å². The van der Waals surface area contributed by atoms with Crippen LogP contribution in [0, 0.1) is 16.7 Å². The van der Waals surface area contributed by atoms with Crippen molar-refractivity contribution in [3.8, 4) is 0 Å². The highest BCUT2D eigenvalue weighted by atomic mass is 16.6. The maximum Gasteiger partial charge on any atom is 0.338 e. The molecule has 1 unspecified atom stereocenters. The number of aliphatic hydroxyl groups is 3. The molecule has 39 heavy (non-hydrogen) atoms. The van der Waals surface area contributed by atoms with Crippen molar-refractivity contribution in [3.63, 3.8) is 0 Å². The first-order chi connectivity index (χ1) is 18.1. The van der Waals surface area contributed by atoms with Crippen molar-refractivity contribution in [2.45, 2.75) is 83.1 Å². The van der Waals surface area contributed by atoms with Gasteiger partial charge in [-0.1, -0.05) is 32.0 Å². The molecule has 210 valence electrons. The van der Waals surface area contributed by atoms with E-state index in [0.717, 1.165) is 0 Å². The Morgan fingerprint density at radius 1 is 1.08 bits per heavy atom. The lowest BCUT2D eigenvalue weighted by molar-refractivity contribution is -0.343. The van der Waals surface area contributed by atoms with Gasteiger partial charge in [-0.15, -0.1) is 0 Å². The monoisotopic (exact) mass is 542 g/mol. The minimum Gasteiger partial charge on any atom is -0.455 e. The maximum absolute atomic E-state index is 14.2. The van der Waals surface area contributed by atoms with E-state index in [1.165, 1.54) is 32.9 Å². The van der Waals surface area contributed by atoms with Gasteiger partial charge >= 0.3 is 11.9 Å². The average Bonchev–Trinajstić information content (AvgIpc) is 2.87. The van der Waals surface area contributed by atoms with Crippen LogP contribution in [0.3, 0.4) is 0 Å². The van der Waals surface area contributed by atoms with E-state index in [0.29, 0.717) is 0 Å². The quantitative estimate of drug-likeness (QED) is 0.376. The number of Topliss-reactive ketones (excluding diaryl/α,β-unsaturated/α-hetero) is 2. The third kappa shape index (κ3) is 3.54. The molecule has 1 aromatic carbocycles. The van der Waals surface area contributed by atoms with Gasteiger partial charge in [-0.3, -0.25) is 14.4 Å². The molecule has 10 nitrogen and oxygen atoms in total. The van der Waals surface area contributed by atoms with Gasteiger partial charge in [0.1, 0.15) is 17.8 Å². The largest absolute Gasteiger partial charge is 0.455 e. The van der Waals surface area contributed by atoms with E-state index in [-0.39, 0.29) is 36.2 Å². The zero-order valence-corrected chi connectivity index (χ0v) is 22.6. The number of hydrogen-bond donors (Lipinski definition) is 3. The Morgan fingerprint density at radius 3 is 2.28 bits per heavy atom. The predicted octanol–water partition coefficient (Wildman–Crippen LogP) is 1.29. The van der Waals surface area contributed by atoms with Crippen molar-refractivity contribution in [1.82, 2.24) is 0 Å². The Labute approximate surface area is 225 Å². The molecule has 8 atom stereocenters. The van der Waals surface area contributed by atoms with Gasteiger partial charge in [-0.2, -0.15) is 0 Å². The first-order valence-corrected chi connectivity index (χ1v) is 13.1. The molecule has 0 aromatic heterocycles. The number of carbonyl (C=O) groups is 4. The number of hydrogen-bond acceptors (Lipinski definition) is 10. The van der Waals surface area contributed by atoms with Crippen LogP contribution in [0.5, 0.6) is 0 Å². The molecule has 0 amide bonds. The molecule has 3 fully saturated rings. The molecular formula is C29H34O10. The van der Waals surface area contributed by atoms with Gasteiger partial charge in [0.05, 0.1) is 35.7 Å². The standard InChI is InChI=1S/C29H34O10/c1-14-17(31)12-29(36)24(38-25(35)16-9-7-6-8-10-16)22-27(5,23(34)21(33)20(14)26(29,3)4)18(32)11-19-28(22,13-37-19)39-15(2)30/h6-10,17-19,22,24,31-32,36H,11-13H2,1-5H3/t17-,18+,19-,22-,24-,27-,28-,29?/m1/s1. The third-order valence-electron chi connectivity index (χ3n) is 9.74.